The van der Waals surface area contributed by atoms with E-state index in [9.17, 15) is 4.79 Å². The lowest BCUT2D eigenvalue weighted by Gasteiger charge is -2.31. The molecule has 27 heavy (non-hydrogen) atoms. The number of aromatic amines is 1. The Morgan fingerprint density at radius 3 is 2.93 bits per heavy atom. The van der Waals surface area contributed by atoms with Gasteiger partial charge in [0.05, 0.1) is 23.6 Å². The molecule has 0 saturated carbocycles. The van der Waals surface area contributed by atoms with E-state index in [0.717, 1.165) is 65.7 Å². The monoisotopic (exact) mass is 379 g/mol. The molecule has 1 aliphatic carbocycles. The van der Waals surface area contributed by atoms with Crippen molar-refractivity contribution in [1.82, 2.24) is 24.8 Å². The van der Waals surface area contributed by atoms with E-state index in [2.05, 4.69) is 15.0 Å². The van der Waals surface area contributed by atoms with E-state index in [-0.39, 0.29) is 11.8 Å². The number of hydrogen-bond donors (Lipinski definition) is 1. The van der Waals surface area contributed by atoms with Gasteiger partial charge in [0.15, 0.2) is 0 Å². The Balaban J connectivity index is 1.32. The number of nitrogens with zero attached hydrogens (tertiary/aromatic N) is 4. The van der Waals surface area contributed by atoms with Crippen molar-refractivity contribution >= 4 is 17.2 Å². The van der Waals surface area contributed by atoms with Crippen LogP contribution in [-0.4, -0.2) is 37.3 Å². The summed E-state index contributed by atoms with van der Waals surface area (Å²) >= 11 is 1.75. The number of hydrogen-bond acceptors (Lipinski definition) is 5. The fourth-order valence-corrected chi connectivity index (χ4v) is 5.20. The van der Waals surface area contributed by atoms with Crippen molar-refractivity contribution in [3.05, 3.63) is 52.3 Å². The molecular weight excluding hydrogens is 358 g/mol. The lowest BCUT2D eigenvalue weighted by atomic mass is 9.89. The molecule has 1 aliphatic heterocycles. The third-order valence-electron chi connectivity index (χ3n) is 5.48. The zero-order chi connectivity index (χ0) is 18.4. The first-order valence-corrected chi connectivity index (χ1v) is 10.2. The number of rotatable bonds is 2. The predicted octanol–water partition coefficient (Wildman–Crippen LogP) is 2.93. The molecule has 0 fully saturated rings. The van der Waals surface area contributed by atoms with Gasteiger partial charge in [0.1, 0.15) is 10.8 Å². The summed E-state index contributed by atoms with van der Waals surface area (Å²) in [6.45, 7) is 3.38. The molecule has 1 unspecified atom stereocenters. The normalized spacial score (nSPS) is 18.9. The summed E-state index contributed by atoms with van der Waals surface area (Å²) in [6.07, 6.45) is 7.03. The summed E-state index contributed by atoms with van der Waals surface area (Å²) in [4.78, 5) is 33.2. The molecule has 0 saturated heterocycles. The Kier molecular flexibility index (Phi) is 4.04. The molecule has 6 nitrogen and oxygen atoms in total. The maximum atomic E-state index is 13.1. The zero-order valence-electron chi connectivity index (χ0n) is 15.2. The summed E-state index contributed by atoms with van der Waals surface area (Å²) in [5, 5.41) is 1.03. The first-order chi connectivity index (χ1) is 13.2. The Morgan fingerprint density at radius 1 is 1.22 bits per heavy atom. The van der Waals surface area contributed by atoms with Crippen LogP contribution in [0.15, 0.2) is 24.5 Å². The van der Waals surface area contributed by atoms with Crippen molar-refractivity contribution in [1.29, 1.82) is 0 Å². The van der Waals surface area contributed by atoms with Crippen LogP contribution in [0.5, 0.6) is 0 Å². The smallest absolute Gasteiger partial charge is 0.226 e. The van der Waals surface area contributed by atoms with Crippen LogP contribution in [0.3, 0.4) is 0 Å². The molecule has 0 aromatic carbocycles. The fourth-order valence-electron chi connectivity index (χ4n) is 4.09. The van der Waals surface area contributed by atoms with E-state index >= 15 is 0 Å². The second kappa shape index (κ2) is 6.56. The zero-order valence-corrected chi connectivity index (χ0v) is 16.1. The molecule has 0 bridgehead atoms. The summed E-state index contributed by atoms with van der Waals surface area (Å²) in [5.74, 6) is 1.23. The number of carbonyl (C=O) groups is 1. The number of amides is 1. The number of thiazole rings is 1. The van der Waals surface area contributed by atoms with E-state index in [1.807, 2.05) is 24.0 Å². The molecule has 1 N–H and O–H groups in total. The molecule has 1 atom stereocenters. The average Bonchev–Trinajstić information content (AvgIpc) is 3.29. The summed E-state index contributed by atoms with van der Waals surface area (Å²) in [7, 11) is 0. The molecule has 7 heteroatoms. The number of carbonyl (C=O) groups excluding carboxylic acids is 1. The van der Waals surface area contributed by atoms with Crippen LogP contribution in [0.4, 0.5) is 0 Å². The van der Waals surface area contributed by atoms with Crippen LogP contribution in [0, 0.1) is 12.8 Å². The van der Waals surface area contributed by atoms with Gasteiger partial charge in [-0.3, -0.25) is 9.78 Å². The SMILES string of the molecule is Cc1nc2c([nH]1)CN(C(=O)C1CCc3sc(-c4ccncc4)nc3C1)CC2. The third-order valence-corrected chi connectivity index (χ3v) is 6.68. The van der Waals surface area contributed by atoms with Gasteiger partial charge in [0, 0.05) is 48.1 Å². The van der Waals surface area contributed by atoms with Crippen LogP contribution in [0.1, 0.15) is 34.2 Å². The highest BCUT2D eigenvalue weighted by Gasteiger charge is 2.32. The minimum Gasteiger partial charge on any atom is -0.344 e. The van der Waals surface area contributed by atoms with Gasteiger partial charge in [-0.1, -0.05) is 0 Å². The number of aromatic nitrogens is 4. The number of aryl methyl sites for hydroxylation is 2. The highest BCUT2D eigenvalue weighted by molar-refractivity contribution is 7.15. The molecule has 3 aromatic heterocycles. The largest absolute Gasteiger partial charge is 0.344 e. The maximum absolute atomic E-state index is 13.1. The summed E-state index contributed by atoms with van der Waals surface area (Å²) in [5.41, 5.74) is 4.41. The topological polar surface area (TPSA) is 74.8 Å². The first kappa shape index (κ1) is 16.6. The first-order valence-electron chi connectivity index (χ1n) is 9.39. The molecule has 0 spiro atoms. The van der Waals surface area contributed by atoms with Crippen LogP contribution in [0.2, 0.25) is 0 Å². The molecular formula is C20H21N5OS. The van der Waals surface area contributed by atoms with Crippen LogP contribution >= 0.6 is 11.3 Å². The number of pyridine rings is 1. The number of nitrogens with one attached hydrogen (secondary N) is 1. The van der Waals surface area contributed by atoms with Crippen LogP contribution in [-0.2, 0) is 30.6 Å². The van der Waals surface area contributed by atoms with Crippen molar-refractivity contribution in [2.75, 3.05) is 6.54 Å². The van der Waals surface area contributed by atoms with Gasteiger partial charge in [-0.05, 0) is 31.9 Å². The van der Waals surface area contributed by atoms with Gasteiger partial charge < -0.3 is 9.88 Å². The molecule has 3 aromatic rings. The second-order valence-corrected chi connectivity index (χ2v) is 8.41. The van der Waals surface area contributed by atoms with Crippen molar-refractivity contribution in [3.8, 4) is 10.6 Å². The van der Waals surface area contributed by atoms with Crippen LogP contribution in [0.25, 0.3) is 10.6 Å². The maximum Gasteiger partial charge on any atom is 0.226 e. The van der Waals surface area contributed by atoms with Gasteiger partial charge in [0.2, 0.25) is 5.91 Å². The van der Waals surface area contributed by atoms with E-state index in [4.69, 9.17) is 4.98 Å². The molecule has 2 aliphatic rings. The van der Waals surface area contributed by atoms with Crippen LogP contribution < -0.4 is 0 Å². The minimum absolute atomic E-state index is 0.0375. The number of H-pyrrole nitrogens is 1. The molecule has 138 valence electrons. The molecule has 5 rings (SSSR count). The van der Waals surface area contributed by atoms with Gasteiger partial charge >= 0.3 is 0 Å². The predicted molar refractivity (Wildman–Crippen MR) is 103 cm³/mol. The Hall–Kier alpha value is -2.54. The van der Waals surface area contributed by atoms with Crippen molar-refractivity contribution in [2.24, 2.45) is 5.92 Å². The Labute approximate surface area is 161 Å². The van der Waals surface area contributed by atoms with Gasteiger partial charge in [0.25, 0.3) is 0 Å². The summed E-state index contributed by atoms with van der Waals surface area (Å²) < 4.78 is 0. The van der Waals surface area contributed by atoms with Gasteiger partial charge in [-0.15, -0.1) is 11.3 Å². The lowest BCUT2D eigenvalue weighted by molar-refractivity contribution is -0.137. The quantitative estimate of drug-likeness (QED) is 0.743. The second-order valence-electron chi connectivity index (χ2n) is 7.32. The van der Waals surface area contributed by atoms with E-state index in [1.165, 1.54) is 4.88 Å². The molecule has 0 radical (unpaired) electrons. The number of imidazole rings is 1. The van der Waals surface area contributed by atoms with E-state index in [1.54, 1.807) is 23.7 Å². The third kappa shape index (κ3) is 3.06. The standard InChI is InChI=1S/C20H21N5OS/c1-12-22-15-6-9-25(11-17(15)23-12)20(26)14-2-3-18-16(10-14)24-19(27-18)13-4-7-21-8-5-13/h4-5,7-8,14H,2-3,6,9-11H2,1H3,(H,22,23). The van der Waals surface area contributed by atoms with E-state index < -0.39 is 0 Å². The van der Waals surface area contributed by atoms with Crippen molar-refractivity contribution in [2.45, 2.75) is 39.2 Å². The van der Waals surface area contributed by atoms with E-state index in [0.29, 0.717) is 6.54 Å². The fraction of sp³-hybridized carbons (Fsp3) is 0.400. The Morgan fingerprint density at radius 2 is 2.07 bits per heavy atom. The van der Waals surface area contributed by atoms with Crippen molar-refractivity contribution < 1.29 is 4.79 Å². The summed E-state index contributed by atoms with van der Waals surface area (Å²) in [6, 6.07) is 3.98. The highest BCUT2D eigenvalue weighted by Crippen LogP contribution is 2.35. The molecule has 4 heterocycles. The van der Waals surface area contributed by atoms with Gasteiger partial charge in [-0.2, -0.15) is 0 Å². The molecule has 1 amide bonds. The lowest BCUT2D eigenvalue weighted by Crippen LogP contribution is -2.41. The average molecular weight is 379 g/mol. The Bertz CT molecular complexity index is 993. The highest BCUT2D eigenvalue weighted by atomic mass is 32.1. The minimum atomic E-state index is 0.0375. The number of fused-ring (bicyclic) bond motifs is 2. The van der Waals surface area contributed by atoms with Crippen molar-refractivity contribution in [3.63, 3.8) is 0 Å². The van der Waals surface area contributed by atoms with Gasteiger partial charge in [-0.25, -0.2) is 9.97 Å².